The first kappa shape index (κ1) is 15.5. The Morgan fingerprint density at radius 1 is 1.18 bits per heavy atom. The molecule has 3 atom stereocenters. The van der Waals surface area contributed by atoms with Crippen molar-refractivity contribution in [3.63, 3.8) is 0 Å². The van der Waals surface area contributed by atoms with Crippen LogP contribution in [0.1, 0.15) is 18.4 Å². The third-order valence-corrected chi connectivity index (χ3v) is 6.00. The second kappa shape index (κ2) is 3.76. The van der Waals surface area contributed by atoms with E-state index in [2.05, 4.69) is 5.32 Å². The number of halogens is 5. The van der Waals surface area contributed by atoms with Crippen molar-refractivity contribution in [3.8, 4) is 0 Å². The van der Waals surface area contributed by atoms with Crippen LogP contribution in [0.15, 0.2) is 29.2 Å². The van der Waals surface area contributed by atoms with Gasteiger partial charge in [0.25, 0.3) is 0 Å². The van der Waals surface area contributed by atoms with Gasteiger partial charge >= 0.3 is 10.2 Å². The Kier molecular flexibility index (Phi) is 2.65. The van der Waals surface area contributed by atoms with Crippen LogP contribution in [0.25, 0.3) is 0 Å². The van der Waals surface area contributed by atoms with Crippen LogP contribution in [-0.4, -0.2) is 18.5 Å². The SMILES string of the molecule is NC(=O)C1NCC2CCC21c1ccc(S(F)(F)(F)(F)F)cc1. The first-order valence-corrected chi connectivity index (χ1v) is 8.67. The van der Waals surface area contributed by atoms with Gasteiger partial charge in [-0.2, -0.15) is 0 Å². The largest absolute Gasteiger partial charge is 0.368 e. The Bertz CT molecular complexity index is 645. The summed E-state index contributed by atoms with van der Waals surface area (Å²) >= 11 is 0. The number of nitrogens with one attached hydrogen (secondary N) is 1. The summed E-state index contributed by atoms with van der Waals surface area (Å²) in [4.78, 5) is 9.64. The van der Waals surface area contributed by atoms with E-state index in [0.717, 1.165) is 18.6 Å². The average molecular weight is 342 g/mol. The summed E-state index contributed by atoms with van der Waals surface area (Å²) in [6.45, 7) is 0.539. The van der Waals surface area contributed by atoms with Crippen molar-refractivity contribution < 1.29 is 24.2 Å². The second-order valence-electron chi connectivity index (χ2n) is 6.01. The molecule has 22 heavy (non-hydrogen) atoms. The number of carbonyl (C=O) groups excluding carboxylic acids is 1. The molecule has 0 bridgehead atoms. The molecule has 1 saturated heterocycles. The maximum atomic E-state index is 12.8. The maximum Gasteiger partial charge on any atom is 0.310 e. The summed E-state index contributed by atoms with van der Waals surface area (Å²) < 4.78 is 63.8. The van der Waals surface area contributed by atoms with Gasteiger partial charge < -0.3 is 11.1 Å². The van der Waals surface area contributed by atoms with Crippen LogP contribution in [0.3, 0.4) is 0 Å². The van der Waals surface area contributed by atoms with Crippen LogP contribution >= 0.6 is 10.2 Å². The van der Waals surface area contributed by atoms with Gasteiger partial charge in [-0.25, -0.2) is 0 Å². The van der Waals surface area contributed by atoms with E-state index in [1.54, 1.807) is 0 Å². The van der Waals surface area contributed by atoms with E-state index >= 15 is 0 Å². The number of amides is 1. The Morgan fingerprint density at radius 2 is 1.77 bits per heavy atom. The number of carbonyl (C=O) groups is 1. The number of hydrogen-bond acceptors (Lipinski definition) is 2. The molecule has 0 aromatic heterocycles. The lowest BCUT2D eigenvalue weighted by Crippen LogP contribution is -2.55. The van der Waals surface area contributed by atoms with Gasteiger partial charge in [-0.15, -0.1) is 0 Å². The van der Waals surface area contributed by atoms with Crippen LogP contribution in [0.5, 0.6) is 0 Å². The van der Waals surface area contributed by atoms with E-state index in [-0.39, 0.29) is 5.92 Å². The van der Waals surface area contributed by atoms with Gasteiger partial charge in [-0.05, 0) is 43.0 Å². The predicted octanol–water partition coefficient (Wildman–Crippen LogP) is 3.45. The highest BCUT2D eigenvalue weighted by Crippen LogP contribution is 3.02. The third-order valence-electron chi connectivity index (χ3n) is 4.84. The summed E-state index contributed by atoms with van der Waals surface area (Å²) in [7, 11) is -9.67. The number of nitrogens with two attached hydrogens (primary N) is 1. The first-order chi connectivity index (χ1) is 9.84. The number of fused-ring (bicyclic) bond motifs is 1. The normalized spacial score (nSPS) is 34.2. The molecule has 1 aromatic rings. The van der Waals surface area contributed by atoms with Crippen molar-refractivity contribution in [2.24, 2.45) is 11.7 Å². The molecule has 0 spiro atoms. The molecule has 2 fully saturated rings. The smallest absolute Gasteiger partial charge is 0.310 e. The van der Waals surface area contributed by atoms with Crippen molar-refractivity contribution in [1.29, 1.82) is 0 Å². The third kappa shape index (κ3) is 2.18. The molecule has 3 rings (SSSR count). The summed E-state index contributed by atoms with van der Waals surface area (Å²) in [5.74, 6) is -0.505. The van der Waals surface area contributed by atoms with E-state index in [1.807, 2.05) is 0 Å². The molecule has 1 aliphatic heterocycles. The van der Waals surface area contributed by atoms with Crippen molar-refractivity contribution >= 4 is 16.1 Å². The molecule has 3 nitrogen and oxygen atoms in total. The zero-order valence-corrected chi connectivity index (χ0v) is 12.2. The maximum absolute atomic E-state index is 12.8. The highest BCUT2D eigenvalue weighted by atomic mass is 32.5. The molecular weight excluding hydrogens is 327 g/mol. The summed E-state index contributed by atoms with van der Waals surface area (Å²) in [6, 6.07) is 2.21. The topological polar surface area (TPSA) is 55.1 Å². The van der Waals surface area contributed by atoms with Crippen molar-refractivity contribution in [2.45, 2.75) is 29.2 Å². The minimum Gasteiger partial charge on any atom is -0.368 e. The fourth-order valence-corrected chi connectivity index (χ4v) is 4.34. The molecule has 1 heterocycles. The van der Waals surface area contributed by atoms with Gasteiger partial charge in [0.05, 0.1) is 6.04 Å². The van der Waals surface area contributed by atoms with E-state index < -0.39 is 32.5 Å². The van der Waals surface area contributed by atoms with Gasteiger partial charge in [0, 0.05) is 5.41 Å². The summed E-state index contributed by atoms with van der Waals surface area (Å²) in [6.07, 6.45) is 1.41. The molecule has 124 valence electrons. The fourth-order valence-electron chi connectivity index (χ4n) is 3.69. The summed E-state index contributed by atoms with van der Waals surface area (Å²) in [5.41, 5.74) is 5.12. The van der Waals surface area contributed by atoms with Crippen LogP contribution in [-0.2, 0) is 10.2 Å². The van der Waals surface area contributed by atoms with Crippen LogP contribution in [0, 0.1) is 5.92 Å². The van der Waals surface area contributed by atoms with Gasteiger partial charge in [-0.3, -0.25) is 4.79 Å². The minimum absolute atomic E-state index is 0.0795. The van der Waals surface area contributed by atoms with E-state index in [1.165, 1.54) is 0 Å². The highest BCUT2D eigenvalue weighted by molar-refractivity contribution is 8.45. The van der Waals surface area contributed by atoms with Crippen molar-refractivity contribution in [3.05, 3.63) is 29.8 Å². The molecule has 0 radical (unpaired) electrons. The molecule has 3 N–H and O–H groups in total. The molecule has 1 amide bonds. The monoisotopic (exact) mass is 342 g/mol. The molecular formula is C13H15F5N2OS. The van der Waals surface area contributed by atoms with E-state index in [9.17, 15) is 24.2 Å². The van der Waals surface area contributed by atoms with Crippen LogP contribution in [0.4, 0.5) is 19.4 Å². The number of benzene rings is 1. The van der Waals surface area contributed by atoms with Gasteiger partial charge in [0.15, 0.2) is 0 Å². The lowest BCUT2D eigenvalue weighted by molar-refractivity contribution is -0.122. The number of primary amides is 1. The fraction of sp³-hybridized carbons (Fsp3) is 0.462. The van der Waals surface area contributed by atoms with Crippen molar-refractivity contribution in [2.75, 3.05) is 6.54 Å². The Labute approximate surface area is 123 Å². The van der Waals surface area contributed by atoms with Gasteiger partial charge in [0.2, 0.25) is 5.91 Å². The Balaban J connectivity index is 2.02. The van der Waals surface area contributed by atoms with Crippen molar-refractivity contribution in [1.82, 2.24) is 5.32 Å². The number of rotatable bonds is 3. The Morgan fingerprint density at radius 3 is 2.18 bits per heavy atom. The van der Waals surface area contributed by atoms with Crippen LogP contribution in [0.2, 0.25) is 0 Å². The zero-order chi connectivity index (χ0) is 16.5. The van der Waals surface area contributed by atoms with E-state index in [4.69, 9.17) is 5.73 Å². The lowest BCUT2D eigenvalue weighted by Gasteiger charge is -2.48. The molecule has 1 aromatic carbocycles. The molecule has 2 aliphatic rings. The highest BCUT2D eigenvalue weighted by Gasteiger charge is 2.65. The van der Waals surface area contributed by atoms with E-state index in [0.29, 0.717) is 30.7 Å². The predicted molar refractivity (Wildman–Crippen MR) is 73.2 cm³/mol. The molecule has 3 unspecified atom stereocenters. The molecule has 9 heteroatoms. The standard InChI is InChI=1S/C13H15F5N2OS/c14-22(15,16,17,18)10-3-1-8(2-4-10)13-6-5-9(13)7-20-11(13)12(19)21/h1-4,9,11,20H,5-7H2,(H2,19,21). The van der Waals surface area contributed by atoms with Gasteiger partial charge in [0.1, 0.15) is 4.90 Å². The summed E-state index contributed by atoms with van der Waals surface area (Å²) in [5, 5.41) is 2.98. The molecule has 1 aliphatic carbocycles. The molecule has 1 saturated carbocycles. The number of hydrogen-bond donors (Lipinski definition) is 2. The Hall–Kier alpha value is -1.35. The quantitative estimate of drug-likeness (QED) is 0.827. The van der Waals surface area contributed by atoms with Gasteiger partial charge in [-0.1, -0.05) is 31.6 Å². The lowest BCUT2D eigenvalue weighted by atomic mass is 9.55. The second-order valence-corrected chi connectivity index (χ2v) is 8.42. The van der Waals surface area contributed by atoms with Crippen LogP contribution < -0.4 is 11.1 Å². The first-order valence-electron chi connectivity index (χ1n) is 6.72. The average Bonchev–Trinajstić information content (AvgIpc) is 2.59. The zero-order valence-electron chi connectivity index (χ0n) is 11.4. The minimum atomic E-state index is -9.67.